The van der Waals surface area contributed by atoms with E-state index in [0.717, 1.165) is 55.8 Å². The van der Waals surface area contributed by atoms with Gasteiger partial charge in [-0.2, -0.15) is 0 Å². The first-order valence-corrected chi connectivity index (χ1v) is 8.74. The highest BCUT2D eigenvalue weighted by Crippen LogP contribution is 2.15. The topological polar surface area (TPSA) is 67.6 Å². The number of aromatic nitrogens is 3. The van der Waals surface area contributed by atoms with Crippen molar-refractivity contribution in [2.75, 3.05) is 20.7 Å². The average Bonchev–Trinajstić information content (AvgIpc) is 3.23. The molecule has 0 amide bonds. The molecule has 0 fully saturated rings. The number of hydrogen-bond donors (Lipinski definition) is 1. The molecule has 25 heavy (non-hydrogen) atoms. The summed E-state index contributed by atoms with van der Waals surface area (Å²) in [6.45, 7) is 5.22. The summed E-state index contributed by atoms with van der Waals surface area (Å²) in [7, 11) is 3.72. The average molecular weight is 342 g/mol. The van der Waals surface area contributed by atoms with Gasteiger partial charge in [-0.3, -0.25) is 0 Å². The summed E-state index contributed by atoms with van der Waals surface area (Å²) in [6, 6.07) is 8.11. The molecular formula is C18H26N6O. The first-order chi connectivity index (χ1) is 12.2. The number of hydrogen-bond acceptors (Lipinski definition) is 4. The second-order valence-electron chi connectivity index (χ2n) is 6.16. The lowest BCUT2D eigenvalue weighted by Gasteiger charge is -2.22. The van der Waals surface area contributed by atoms with Gasteiger partial charge in [-0.15, -0.1) is 10.2 Å². The van der Waals surface area contributed by atoms with Crippen molar-refractivity contribution in [3.05, 3.63) is 41.5 Å². The van der Waals surface area contributed by atoms with Crippen LogP contribution in [-0.4, -0.2) is 46.3 Å². The summed E-state index contributed by atoms with van der Waals surface area (Å²) in [5, 5.41) is 11.9. The smallest absolute Gasteiger partial charge is 0.194 e. The van der Waals surface area contributed by atoms with Gasteiger partial charge >= 0.3 is 0 Å². The number of aryl methyl sites for hydroxylation is 1. The zero-order valence-electron chi connectivity index (χ0n) is 15.2. The number of nitrogens with zero attached hydrogens (tertiary/aromatic N) is 5. The largest absolute Gasteiger partial charge is 0.497 e. The normalized spacial score (nSPS) is 13.6. The number of rotatable bonds is 6. The van der Waals surface area contributed by atoms with E-state index < -0.39 is 0 Å². The van der Waals surface area contributed by atoms with Crippen LogP contribution in [-0.2, 0) is 26.1 Å². The summed E-state index contributed by atoms with van der Waals surface area (Å²) in [5.41, 5.74) is 1.21. The van der Waals surface area contributed by atoms with Crippen LogP contribution in [0.25, 0.3) is 0 Å². The van der Waals surface area contributed by atoms with Crippen molar-refractivity contribution < 1.29 is 4.74 Å². The molecule has 134 valence electrons. The van der Waals surface area contributed by atoms with Crippen LogP contribution in [0.5, 0.6) is 5.75 Å². The van der Waals surface area contributed by atoms with E-state index in [9.17, 15) is 0 Å². The van der Waals surface area contributed by atoms with E-state index in [2.05, 4.69) is 44.0 Å². The van der Waals surface area contributed by atoms with Gasteiger partial charge in [0.25, 0.3) is 0 Å². The number of methoxy groups -OCH3 is 1. The fourth-order valence-electron chi connectivity index (χ4n) is 3.02. The molecule has 7 heteroatoms. The zero-order valence-corrected chi connectivity index (χ0v) is 15.2. The van der Waals surface area contributed by atoms with Gasteiger partial charge in [-0.1, -0.05) is 12.1 Å². The predicted octanol–water partition coefficient (Wildman–Crippen LogP) is 1.83. The molecule has 0 spiro atoms. The summed E-state index contributed by atoms with van der Waals surface area (Å²) in [5.74, 6) is 3.77. The minimum Gasteiger partial charge on any atom is -0.497 e. The first-order valence-electron chi connectivity index (χ1n) is 8.74. The number of guanidine groups is 1. The van der Waals surface area contributed by atoms with Gasteiger partial charge in [0.15, 0.2) is 11.8 Å². The van der Waals surface area contributed by atoms with Gasteiger partial charge in [0, 0.05) is 33.1 Å². The van der Waals surface area contributed by atoms with Crippen molar-refractivity contribution in [1.29, 1.82) is 0 Å². The maximum Gasteiger partial charge on any atom is 0.194 e. The second kappa shape index (κ2) is 8.00. The zero-order chi connectivity index (χ0) is 17.6. The number of nitrogens with one attached hydrogen (secondary N) is 1. The van der Waals surface area contributed by atoms with Crippen LogP contribution >= 0.6 is 0 Å². The van der Waals surface area contributed by atoms with Crippen LogP contribution in [0.4, 0.5) is 0 Å². The van der Waals surface area contributed by atoms with Gasteiger partial charge in [0.2, 0.25) is 0 Å². The molecule has 0 saturated heterocycles. The summed E-state index contributed by atoms with van der Waals surface area (Å²) >= 11 is 0. The molecule has 2 aromatic rings. The van der Waals surface area contributed by atoms with Crippen LogP contribution in [0.2, 0.25) is 0 Å². The predicted molar refractivity (Wildman–Crippen MR) is 97.6 cm³/mol. The minimum absolute atomic E-state index is 0.544. The molecule has 1 aliphatic rings. The van der Waals surface area contributed by atoms with Crippen LogP contribution in [0, 0.1) is 0 Å². The molecule has 7 nitrogen and oxygen atoms in total. The van der Waals surface area contributed by atoms with Crippen molar-refractivity contribution >= 4 is 5.96 Å². The highest BCUT2D eigenvalue weighted by atomic mass is 16.5. The lowest BCUT2D eigenvalue weighted by molar-refractivity contribution is 0.414. The Morgan fingerprint density at radius 2 is 2.12 bits per heavy atom. The summed E-state index contributed by atoms with van der Waals surface area (Å²) < 4.78 is 7.40. The molecule has 2 heterocycles. The Kier molecular flexibility index (Phi) is 5.53. The summed E-state index contributed by atoms with van der Waals surface area (Å²) in [6.07, 6.45) is 2.17. The highest BCUT2D eigenvalue weighted by Gasteiger charge is 2.17. The third kappa shape index (κ3) is 4.10. The quantitative estimate of drug-likeness (QED) is 0.641. The lowest BCUT2D eigenvalue weighted by atomic mass is 10.2. The molecular weight excluding hydrogens is 316 g/mol. The van der Waals surface area contributed by atoms with E-state index in [1.165, 1.54) is 5.56 Å². The van der Waals surface area contributed by atoms with E-state index in [1.54, 1.807) is 7.11 Å². The van der Waals surface area contributed by atoms with Crippen molar-refractivity contribution in [3.8, 4) is 5.75 Å². The van der Waals surface area contributed by atoms with Gasteiger partial charge in [-0.25, -0.2) is 4.99 Å². The third-order valence-electron chi connectivity index (χ3n) is 4.33. The maximum absolute atomic E-state index is 5.21. The molecule has 0 saturated carbocycles. The molecule has 0 atom stereocenters. The fourth-order valence-corrected chi connectivity index (χ4v) is 3.02. The molecule has 1 aromatic heterocycles. The molecule has 0 aliphatic carbocycles. The van der Waals surface area contributed by atoms with Gasteiger partial charge < -0.3 is 19.5 Å². The number of benzene rings is 1. The maximum atomic E-state index is 5.21. The van der Waals surface area contributed by atoms with Crippen molar-refractivity contribution in [2.45, 2.75) is 39.4 Å². The van der Waals surface area contributed by atoms with Crippen LogP contribution < -0.4 is 10.1 Å². The first kappa shape index (κ1) is 17.3. The van der Waals surface area contributed by atoms with E-state index >= 15 is 0 Å². The fraction of sp³-hybridized carbons (Fsp3) is 0.500. The lowest BCUT2D eigenvalue weighted by Crippen LogP contribution is -2.38. The highest BCUT2D eigenvalue weighted by molar-refractivity contribution is 5.79. The number of aliphatic imine (C=N–C) groups is 1. The molecule has 0 radical (unpaired) electrons. The minimum atomic E-state index is 0.544. The molecule has 1 N–H and O–H groups in total. The molecule has 1 aromatic carbocycles. The van der Waals surface area contributed by atoms with E-state index in [1.807, 2.05) is 19.2 Å². The van der Waals surface area contributed by atoms with E-state index in [-0.39, 0.29) is 0 Å². The number of fused-ring (bicyclic) bond motifs is 1. The van der Waals surface area contributed by atoms with Gasteiger partial charge in [-0.05, 0) is 31.0 Å². The van der Waals surface area contributed by atoms with Crippen molar-refractivity contribution in [3.63, 3.8) is 0 Å². The summed E-state index contributed by atoms with van der Waals surface area (Å²) in [4.78, 5) is 6.86. The Balaban J connectivity index is 1.67. The monoisotopic (exact) mass is 342 g/mol. The van der Waals surface area contributed by atoms with Crippen LogP contribution in [0.15, 0.2) is 29.3 Å². The Bertz CT molecular complexity index is 722. The standard InChI is InChI=1S/C18H26N6O/c1-4-19-18(20-12-17-22-21-16-6-5-11-24(16)17)23(2)13-14-7-9-15(25-3)10-8-14/h7-10H,4-6,11-13H2,1-3H3,(H,19,20). The van der Waals surface area contributed by atoms with Crippen LogP contribution in [0.3, 0.4) is 0 Å². The Hall–Kier alpha value is -2.57. The Morgan fingerprint density at radius 3 is 2.84 bits per heavy atom. The molecule has 1 aliphatic heterocycles. The SMILES string of the molecule is CCNC(=NCc1nnc2n1CCC2)N(C)Cc1ccc(OC)cc1. The van der Waals surface area contributed by atoms with E-state index in [0.29, 0.717) is 6.54 Å². The van der Waals surface area contributed by atoms with Crippen molar-refractivity contribution in [2.24, 2.45) is 4.99 Å². The Morgan fingerprint density at radius 1 is 1.32 bits per heavy atom. The second-order valence-corrected chi connectivity index (χ2v) is 6.16. The molecule has 0 unspecified atom stereocenters. The Labute approximate surface area is 148 Å². The van der Waals surface area contributed by atoms with E-state index in [4.69, 9.17) is 9.73 Å². The third-order valence-corrected chi connectivity index (χ3v) is 4.33. The van der Waals surface area contributed by atoms with Gasteiger partial charge in [0.1, 0.15) is 18.1 Å². The van der Waals surface area contributed by atoms with Crippen LogP contribution in [0.1, 0.15) is 30.6 Å². The van der Waals surface area contributed by atoms with Crippen molar-refractivity contribution in [1.82, 2.24) is 25.0 Å². The molecule has 3 rings (SSSR count). The van der Waals surface area contributed by atoms with Gasteiger partial charge in [0.05, 0.1) is 7.11 Å². The number of ether oxygens (including phenoxy) is 1. The molecule has 0 bridgehead atoms.